The minimum absolute atomic E-state index is 0.145. The lowest BCUT2D eigenvalue weighted by Gasteiger charge is -2.50. The molecule has 9 nitrogen and oxygen atoms in total. The van der Waals surface area contributed by atoms with E-state index in [2.05, 4.69) is 21.4 Å². The maximum Gasteiger partial charge on any atom is 0.260 e. The molecule has 1 saturated carbocycles. The van der Waals surface area contributed by atoms with Gasteiger partial charge in [-0.2, -0.15) is 5.01 Å². The van der Waals surface area contributed by atoms with Gasteiger partial charge < -0.3 is 9.84 Å². The summed E-state index contributed by atoms with van der Waals surface area (Å²) in [5.41, 5.74) is 5.47. The van der Waals surface area contributed by atoms with Crippen molar-refractivity contribution in [1.82, 2.24) is 5.01 Å². The van der Waals surface area contributed by atoms with Crippen LogP contribution < -0.4 is 15.1 Å². The molecule has 2 aliphatic heterocycles. The van der Waals surface area contributed by atoms with Crippen LogP contribution >= 0.6 is 15.9 Å². The number of hydrogen-bond donors (Lipinski definition) is 2. The van der Waals surface area contributed by atoms with Crippen LogP contribution in [0.15, 0.2) is 113 Å². The first-order valence-electron chi connectivity index (χ1n) is 16.6. The van der Waals surface area contributed by atoms with Crippen LogP contribution in [0.4, 0.5) is 11.4 Å². The second-order valence-corrected chi connectivity index (χ2v) is 14.4. The number of fused-ring (bicyclic) bond motifs is 4. The molecule has 10 heteroatoms. The lowest BCUT2D eigenvalue weighted by Crippen LogP contribution is -2.53. The molecule has 6 unspecified atom stereocenters. The summed E-state index contributed by atoms with van der Waals surface area (Å²) in [6, 6.07) is 28.8. The van der Waals surface area contributed by atoms with Crippen LogP contribution in [0.1, 0.15) is 35.4 Å². The summed E-state index contributed by atoms with van der Waals surface area (Å²) in [4.78, 5) is 59.7. The Morgan fingerprint density at radius 2 is 1.56 bits per heavy atom. The average Bonchev–Trinajstić information content (AvgIpc) is 3.51. The molecule has 0 spiro atoms. The molecule has 8 rings (SSSR count). The van der Waals surface area contributed by atoms with Crippen molar-refractivity contribution in [2.75, 3.05) is 17.4 Å². The number of allylic oxidation sites excluding steroid dienone is 2. The average molecular weight is 733 g/mol. The largest absolute Gasteiger partial charge is 0.504 e. The van der Waals surface area contributed by atoms with Crippen molar-refractivity contribution < 1.29 is 29.0 Å². The van der Waals surface area contributed by atoms with E-state index in [1.54, 1.807) is 42.5 Å². The van der Waals surface area contributed by atoms with E-state index in [0.717, 1.165) is 20.6 Å². The topological polar surface area (TPSA) is 116 Å². The van der Waals surface area contributed by atoms with Crippen LogP contribution in [0.3, 0.4) is 0 Å². The molecule has 3 fully saturated rings. The highest BCUT2D eigenvalue weighted by molar-refractivity contribution is 9.10. The van der Waals surface area contributed by atoms with Crippen molar-refractivity contribution in [1.29, 1.82) is 0 Å². The molecule has 4 amide bonds. The molecule has 0 radical (unpaired) electrons. The molecule has 4 aromatic carbocycles. The smallest absolute Gasteiger partial charge is 0.260 e. The van der Waals surface area contributed by atoms with E-state index in [1.807, 2.05) is 67.6 Å². The number of amides is 4. The first-order valence-corrected chi connectivity index (χ1v) is 17.4. The number of carbonyl (C=O) groups excluding carboxylic acids is 4. The number of hydrogen-bond acceptors (Lipinski definition) is 7. The van der Waals surface area contributed by atoms with E-state index in [-0.39, 0.29) is 36.2 Å². The summed E-state index contributed by atoms with van der Waals surface area (Å²) in [6.07, 6.45) is 2.41. The van der Waals surface area contributed by atoms with Gasteiger partial charge in [0.2, 0.25) is 11.8 Å². The van der Waals surface area contributed by atoms with E-state index in [0.29, 0.717) is 22.5 Å². The predicted molar refractivity (Wildman–Crippen MR) is 190 cm³/mol. The van der Waals surface area contributed by atoms with Crippen LogP contribution in [-0.4, -0.2) is 40.9 Å². The predicted octanol–water partition coefficient (Wildman–Crippen LogP) is 6.66. The number of aromatic hydroxyl groups is 1. The van der Waals surface area contributed by atoms with E-state index in [9.17, 15) is 19.5 Å². The lowest BCUT2D eigenvalue weighted by molar-refractivity contribution is -0.138. The first-order chi connectivity index (χ1) is 24.2. The maximum atomic E-state index is 15.2. The van der Waals surface area contributed by atoms with Crippen molar-refractivity contribution in [2.45, 2.75) is 31.1 Å². The zero-order valence-electron chi connectivity index (χ0n) is 27.4. The molecule has 6 atom stereocenters. The molecule has 50 heavy (non-hydrogen) atoms. The highest BCUT2D eigenvalue weighted by Gasteiger charge is 2.70. The molecule has 2 heterocycles. The normalized spacial score (nSPS) is 27.1. The third kappa shape index (κ3) is 4.57. The fraction of sp³-hybridized carbons (Fsp3) is 0.250. The van der Waals surface area contributed by atoms with Crippen molar-refractivity contribution in [3.63, 3.8) is 0 Å². The fourth-order valence-electron chi connectivity index (χ4n) is 8.87. The molecular formula is C40H34BrN3O6. The maximum absolute atomic E-state index is 15.2. The number of phenols is 1. The van der Waals surface area contributed by atoms with Crippen LogP contribution in [-0.2, 0) is 24.6 Å². The van der Waals surface area contributed by atoms with E-state index in [4.69, 9.17) is 4.74 Å². The number of halogens is 1. The SMILES string of the molecule is COc1cccc(C2C3=CCC4C(=O)N(c5ccc(Br)cc5)C(=O)C4C3CC3C(=O)N(Nc4ccc(C)cc4)C(=O)C32c2ccccc2)c1O. The highest BCUT2D eigenvalue weighted by atomic mass is 79.9. The van der Waals surface area contributed by atoms with Gasteiger partial charge in [0.15, 0.2) is 11.5 Å². The summed E-state index contributed by atoms with van der Waals surface area (Å²) >= 11 is 3.43. The van der Waals surface area contributed by atoms with Crippen molar-refractivity contribution >= 4 is 50.9 Å². The van der Waals surface area contributed by atoms with Gasteiger partial charge in [0.25, 0.3) is 11.8 Å². The van der Waals surface area contributed by atoms with Gasteiger partial charge in [0, 0.05) is 16.0 Å². The van der Waals surface area contributed by atoms with Gasteiger partial charge in [-0.1, -0.05) is 87.7 Å². The number of phenolic OH excluding ortho intramolecular Hbond substituents is 1. The Labute approximate surface area is 297 Å². The van der Waals surface area contributed by atoms with Crippen LogP contribution in [0.5, 0.6) is 11.5 Å². The van der Waals surface area contributed by atoms with E-state index < -0.39 is 46.8 Å². The number of imide groups is 2. The molecule has 4 aliphatic rings. The minimum atomic E-state index is -1.49. The summed E-state index contributed by atoms with van der Waals surface area (Å²) in [5.74, 6) is -5.17. The third-order valence-electron chi connectivity index (χ3n) is 11.0. The number of anilines is 2. The number of methoxy groups -OCH3 is 1. The quantitative estimate of drug-likeness (QED) is 0.168. The number of para-hydroxylation sites is 1. The Hall–Kier alpha value is -5.22. The minimum Gasteiger partial charge on any atom is -0.504 e. The number of ether oxygens (including phenoxy) is 1. The molecule has 0 aromatic heterocycles. The molecule has 0 bridgehead atoms. The second-order valence-electron chi connectivity index (χ2n) is 13.5. The zero-order chi connectivity index (χ0) is 34.9. The standard InChI is InChI=1S/C40H34BrN3O6/c1-22-11-15-25(16-12-22)42-44-37(47)31-21-30-27(19-20-28-33(30)38(48)43(36(28)46)26-17-13-24(41)14-18-26)34(29-9-6-10-32(50-2)35(29)45)40(31,39(44)49)23-7-4-3-5-8-23/h3-19,28,30-31,33-34,42,45H,20-21H2,1-2H3. The number of carbonyl (C=O) groups is 4. The zero-order valence-corrected chi connectivity index (χ0v) is 29.0. The third-order valence-corrected chi connectivity index (χ3v) is 11.6. The Bertz CT molecular complexity index is 2080. The highest BCUT2D eigenvalue weighted by Crippen LogP contribution is 2.65. The van der Waals surface area contributed by atoms with Crippen molar-refractivity contribution in [3.05, 3.63) is 130 Å². The van der Waals surface area contributed by atoms with Gasteiger partial charge in [-0.05, 0) is 73.7 Å². The van der Waals surface area contributed by atoms with Gasteiger partial charge in [0.05, 0.1) is 41.7 Å². The summed E-state index contributed by atoms with van der Waals surface area (Å²) in [5, 5.41) is 12.9. The molecule has 252 valence electrons. The van der Waals surface area contributed by atoms with Crippen LogP contribution in [0.25, 0.3) is 0 Å². The Morgan fingerprint density at radius 1 is 0.840 bits per heavy atom. The number of hydrazine groups is 1. The molecule has 4 aromatic rings. The number of nitrogens with zero attached hydrogens (tertiary/aromatic N) is 2. The molecular weight excluding hydrogens is 698 g/mol. The summed E-state index contributed by atoms with van der Waals surface area (Å²) in [6.45, 7) is 1.95. The van der Waals surface area contributed by atoms with Gasteiger partial charge in [-0.3, -0.25) is 29.5 Å². The Kier molecular flexibility index (Phi) is 7.67. The molecule has 2 aliphatic carbocycles. The summed E-state index contributed by atoms with van der Waals surface area (Å²) < 4.78 is 6.36. The number of nitrogens with one attached hydrogen (secondary N) is 1. The van der Waals surface area contributed by atoms with Crippen LogP contribution in [0.2, 0.25) is 0 Å². The van der Waals surface area contributed by atoms with Crippen LogP contribution in [0, 0.1) is 30.6 Å². The van der Waals surface area contributed by atoms with E-state index in [1.165, 1.54) is 12.0 Å². The van der Waals surface area contributed by atoms with Crippen molar-refractivity contribution in [2.24, 2.45) is 23.7 Å². The lowest BCUT2D eigenvalue weighted by atomic mass is 9.49. The number of benzene rings is 4. The Balaban J connectivity index is 1.33. The van der Waals surface area contributed by atoms with Gasteiger partial charge in [0.1, 0.15) is 0 Å². The van der Waals surface area contributed by atoms with Crippen molar-refractivity contribution in [3.8, 4) is 11.5 Å². The molecule has 2 N–H and O–H groups in total. The summed E-state index contributed by atoms with van der Waals surface area (Å²) in [7, 11) is 1.46. The van der Waals surface area contributed by atoms with Gasteiger partial charge in [-0.25, -0.2) is 0 Å². The number of rotatable bonds is 6. The Morgan fingerprint density at radius 3 is 2.26 bits per heavy atom. The first kappa shape index (κ1) is 32.0. The second kappa shape index (κ2) is 12.0. The van der Waals surface area contributed by atoms with Gasteiger partial charge >= 0.3 is 0 Å². The monoisotopic (exact) mass is 731 g/mol. The fourth-order valence-corrected chi connectivity index (χ4v) is 9.14. The number of aryl methyl sites for hydroxylation is 1. The molecule has 2 saturated heterocycles. The van der Waals surface area contributed by atoms with E-state index >= 15 is 4.79 Å². The van der Waals surface area contributed by atoms with Gasteiger partial charge in [-0.15, -0.1) is 0 Å².